The highest BCUT2D eigenvalue weighted by Gasteiger charge is 2.42. The van der Waals surface area contributed by atoms with Crippen LogP contribution in [0.2, 0.25) is 0 Å². The van der Waals surface area contributed by atoms with Crippen LogP contribution in [0.25, 0.3) is 0 Å². The molecule has 1 saturated carbocycles. The van der Waals surface area contributed by atoms with E-state index in [9.17, 15) is 4.79 Å². The first-order valence-corrected chi connectivity index (χ1v) is 6.40. The van der Waals surface area contributed by atoms with Crippen LogP contribution in [0.15, 0.2) is 24.3 Å². The molecule has 5 nitrogen and oxygen atoms in total. The molecular weight excluding hydrogens is 246 g/mol. The van der Waals surface area contributed by atoms with Gasteiger partial charge in [0.1, 0.15) is 6.10 Å². The zero-order valence-corrected chi connectivity index (χ0v) is 11.1. The van der Waals surface area contributed by atoms with Crippen LogP contribution in [-0.4, -0.2) is 43.0 Å². The summed E-state index contributed by atoms with van der Waals surface area (Å²) < 4.78 is 11.0. The van der Waals surface area contributed by atoms with Crippen molar-refractivity contribution in [3.8, 4) is 0 Å². The van der Waals surface area contributed by atoms with Gasteiger partial charge < -0.3 is 19.9 Å². The van der Waals surface area contributed by atoms with E-state index in [2.05, 4.69) is 5.32 Å². The van der Waals surface area contributed by atoms with Gasteiger partial charge in [0.15, 0.2) is 0 Å². The Morgan fingerprint density at radius 2 is 2.32 bits per heavy atom. The highest BCUT2D eigenvalue weighted by atomic mass is 16.5. The van der Waals surface area contributed by atoms with Crippen molar-refractivity contribution in [2.45, 2.75) is 31.6 Å². The van der Waals surface area contributed by atoms with Gasteiger partial charge in [0, 0.05) is 19.4 Å². The molecule has 3 unspecified atom stereocenters. The highest BCUT2D eigenvalue weighted by molar-refractivity contribution is 5.88. The average molecular weight is 265 g/mol. The number of anilines is 1. The molecule has 0 radical (unpaired) electrons. The summed E-state index contributed by atoms with van der Waals surface area (Å²) in [5, 5.41) is 12.2. The Labute approximate surface area is 112 Å². The molecule has 1 aliphatic carbocycles. The summed E-state index contributed by atoms with van der Waals surface area (Å²) >= 11 is 0. The number of hydrogen-bond acceptors (Lipinski definition) is 4. The van der Waals surface area contributed by atoms with Crippen molar-refractivity contribution >= 4 is 11.7 Å². The number of ether oxygens (including phenoxy) is 2. The number of aromatic carboxylic acids is 1. The highest BCUT2D eigenvalue weighted by Crippen LogP contribution is 2.30. The smallest absolute Gasteiger partial charge is 0.335 e. The molecule has 19 heavy (non-hydrogen) atoms. The van der Waals surface area contributed by atoms with Gasteiger partial charge in [-0.05, 0) is 31.5 Å². The van der Waals surface area contributed by atoms with E-state index >= 15 is 0 Å². The van der Waals surface area contributed by atoms with Crippen LogP contribution in [0.1, 0.15) is 23.7 Å². The Hall–Kier alpha value is -1.59. The van der Waals surface area contributed by atoms with Crippen LogP contribution >= 0.6 is 0 Å². The lowest BCUT2D eigenvalue weighted by atomic mass is 9.85. The van der Waals surface area contributed by atoms with E-state index in [4.69, 9.17) is 14.6 Å². The van der Waals surface area contributed by atoms with E-state index in [1.807, 2.05) is 13.0 Å². The molecule has 0 saturated heterocycles. The first-order chi connectivity index (χ1) is 9.15. The molecule has 1 aliphatic rings. The van der Waals surface area contributed by atoms with E-state index < -0.39 is 5.97 Å². The number of carbonyl (C=O) groups is 1. The predicted octanol–water partition coefficient (Wildman–Crippen LogP) is 1.99. The predicted molar refractivity (Wildman–Crippen MR) is 71.6 cm³/mol. The molecule has 1 aromatic rings. The number of carboxylic acids is 1. The topological polar surface area (TPSA) is 67.8 Å². The minimum absolute atomic E-state index is 0.00781. The SMILES string of the molecule is CCOC1CC(Nc2cccc(C(=O)O)c2)C1OC. The normalized spacial score (nSPS) is 25.7. The van der Waals surface area contributed by atoms with Crippen molar-refractivity contribution < 1.29 is 19.4 Å². The Kier molecular flexibility index (Phi) is 4.39. The van der Waals surface area contributed by atoms with E-state index in [-0.39, 0.29) is 23.8 Å². The Balaban J connectivity index is 1.98. The Morgan fingerprint density at radius 3 is 2.95 bits per heavy atom. The maximum atomic E-state index is 10.9. The second-order valence-electron chi connectivity index (χ2n) is 4.57. The molecule has 0 spiro atoms. The van der Waals surface area contributed by atoms with Crippen molar-refractivity contribution in [3.05, 3.63) is 29.8 Å². The summed E-state index contributed by atoms with van der Waals surface area (Å²) in [4.78, 5) is 10.9. The second kappa shape index (κ2) is 6.04. The Morgan fingerprint density at radius 1 is 1.53 bits per heavy atom. The molecule has 104 valence electrons. The van der Waals surface area contributed by atoms with Crippen LogP contribution in [0, 0.1) is 0 Å². The maximum absolute atomic E-state index is 10.9. The molecule has 1 aromatic carbocycles. The van der Waals surface area contributed by atoms with E-state index in [0.29, 0.717) is 6.61 Å². The lowest BCUT2D eigenvalue weighted by Crippen LogP contribution is -2.56. The van der Waals surface area contributed by atoms with Gasteiger partial charge in [-0.25, -0.2) is 4.79 Å². The summed E-state index contributed by atoms with van der Waals surface area (Å²) in [6.07, 6.45) is 0.993. The van der Waals surface area contributed by atoms with Crippen molar-refractivity contribution in [2.24, 2.45) is 0 Å². The fourth-order valence-electron chi connectivity index (χ4n) is 2.37. The third-order valence-electron chi connectivity index (χ3n) is 3.36. The standard InChI is InChI=1S/C14H19NO4/c1-3-19-12-8-11(13(12)18-2)15-10-6-4-5-9(7-10)14(16)17/h4-7,11-13,15H,3,8H2,1-2H3,(H,16,17). The number of hydrogen-bond donors (Lipinski definition) is 2. The monoisotopic (exact) mass is 265 g/mol. The van der Waals surface area contributed by atoms with Crippen LogP contribution in [0.5, 0.6) is 0 Å². The third-order valence-corrected chi connectivity index (χ3v) is 3.36. The fourth-order valence-corrected chi connectivity index (χ4v) is 2.37. The van der Waals surface area contributed by atoms with Gasteiger partial charge in [-0.15, -0.1) is 0 Å². The number of carboxylic acid groups (broad SMARTS) is 1. The summed E-state index contributed by atoms with van der Waals surface area (Å²) in [5.41, 5.74) is 1.07. The largest absolute Gasteiger partial charge is 0.478 e. The number of benzene rings is 1. The van der Waals surface area contributed by atoms with Gasteiger partial charge in [0.05, 0.1) is 17.7 Å². The zero-order valence-electron chi connectivity index (χ0n) is 11.1. The number of rotatable bonds is 6. The molecule has 2 rings (SSSR count). The molecule has 0 heterocycles. The summed E-state index contributed by atoms with van der Waals surface area (Å²) in [5.74, 6) is -0.923. The molecule has 2 N–H and O–H groups in total. The minimum Gasteiger partial charge on any atom is -0.478 e. The number of nitrogens with one attached hydrogen (secondary N) is 1. The average Bonchev–Trinajstić information content (AvgIpc) is 2.38. The minimum atomic E-state index is -0.923. The molecule has 3 atom stereocenters. The van der Waals surface area contributed by atoms with Crippen molar-refractivity contribution in [1.82, 2.24) is 0 Å². The zero-order chi connectivity index (χ0) is 13.8. The molecule has 0 aromatic heterocycles. The molecule has 0 aliphatic heterocycles. The van der Waals surface area contributed by atoms with Crippen molar-refractivity contribution in [2.75, 3.05) is 19.0 Å². The van der Waals surface area contributed by atoms with Gasteiger partial charge in [-0.1, -0.05) is 6.07 Å². The summed E-state index contributed by atoms with van der Waals surface area (Å²) in [6.45, 7) is 2.63. The van der Waals surface area contributed by atoms with Gasteiger partial charge >= 0.3 is 5.97 Å². The van der Waals surface area contributed by atoms with Crippen LogP contribution in [-0.2, 0) is 9.47 Å². The molecule has 0 amide bonds. The van der Waals surface area contributed by atoms with Crippen molar-refractivity contribution in [1.29, 1.82) is 0 Å². The van der Waals surface area contributed by atoms with E-state index in [1.165, 1.54) is 0 Å². The van der Waals surface area contributed by atoms with E-state index in [0.717, 1.165) is 12.1 Å². The lowest BCUT2D eigenvalue weighted by Gasteiger charge is -2.43. The first kappa shape index (κ1) is 13.8. The summed E-state index contributed by atoms with van der Waals surface area (Å²) in [7, 11) is 1.66. The molecule has 5 heteroatoms. The molecular formula is C14H19NO4. The second-order valence-corrected chi connectivity index (χ2v) is 4.57. The fraction of sp³-hybridized carbons (Fsp3) is 0.500. The van der Waals surface area contributed by atoms with Gasteiger partial charge in [-0.2, -0.15) is 0 Å². The van der Waals surface area contributed by atoms with Gasteiger partial charge in [0.25, 0.3) is 0 Å². The van der Waals surface area contributed by atoms with Crippen LogP contribution in [0.3, 0.4) is 0 Å². The van der Waals surface area contributed by atoms with Crippen molar-refractivity contribution in [3.63, 3.8) is 0 Å². The van der Waals surface area contributed by atoms with Crippen LogP contribution in [0.4, 0.5) is 5.69 Å². The number of methoxy groups -OCH3 is 1. The maximum Gasteiger partial charge on any atom is 0.335 e. The summed E-state index contributed by atoms with van der Waals surface area (Å²) in [6, 6.07) is 6.94. The first-order valence-electron chi connectivity index (χ1n) is 6.40. The van der Waals surface area contributed by atoms with Gasteiger partial charge in [0.2, 0.25) is 0 Å². The third kappa shape index (κ3) is 3.05. The Bertz CT molecular complexity index is 449. The lowest BCUT2D eigenvalue weighted by molar-refractivity contribution is -0.118. The van der Waals surface area contributed by atoms with Crippen LogP contribution < -0.4 is 5.32 Å². The van der Waals surface area contributed by atoms with Gasteiger partial charge in [-0.3, -0.25) is 0 Å². The molecule has 0 bridgehead atoms. The molecule has 1 fully saturated rings. The quantitative estimate of drug-likeness (QED) is 0.823. The van der Waals surface area contributed by atoms with E-state index in [1.54, 1.807) is 25.3 Å².